The van der Waals surface area contributed by atoms with Crippen LogP contribution < -0.4 is 10.6 Å². The van der Waals surface area contributed by atoms with Gasteiger partial charge >= 0.3 is 0 Å². The number of thioether (sulfide) groups is 1. The summed E-state index contributed by atoms with van der Waals surface area (Å²) in [6, 6.07) is 3.87. The van der Waals surface area contributed by atoms with Crippen molar-refractivity contribution < 1.29 is 13.6 Å². The highest BCUT2D eigenvalue weighted by Crippen LogP contribution is 2.22. The predicted octanol–water partition coefficient (Wildman–Crippen LogP) is 2.83. The molecule has 1 aliphatic heterocycles. The van der Waals surface area contributed by atoms with Gasteiger partial charge in [-0.05, 0) is 31.5 Å². The number of amides is 1. The van der Waals surface area contributed by atoms with Gasteiger partial charge in [0.1, 0.15) is 0 Å². The van der Waals surface area contributed by atoms with E-state index in [9.17, 15) is 13.6 Å². The first-order chi connectivity index (χ1) is 9.88. The van der Waals surface area contributed by atoms with Crippen LogP contribution in [0.2, 0.25) is 0 Å². The van der Waals surface area contributed by atoms with E-state index in [1.165, 1.54) is 6.07 Å². The summed E-state index contributed by atoms with van der Waals surface area (Å²) in [7, 11) is 0. The summed E-state index contributed by atoms with van der Waals surface area (Å²) >= 11 is 1.83. The maximum atomic E-state index is 13.3. The summed E-state index contributed by atoms with van der Waals surface area (Å²) in [4.78, 5) is 12.1. The number of hydrogen-bond acceptors (Lipinski definition) is 3. The summed E-state index contributed by atoms with van der Waals surface area (Å²) < 4.78 is 26.3. The minimum atomic E-state index is -0.903. The second-order valence-electron chi connectivity index (χ2n) is 5.73. The average Bonchev–Trinajstić information content (AvgIpc) is 2.42. The Bertz CT molecular complexity index is 522. The molecule has 0 spiro atoms. The number of nitrogens with one attached hydrogen (secondary N) is 2. The van der Waals surface area contributed by atoms with Gasteiger partial charge in [-0.3, -0.25) is 4.79 Å². The van der Waals surface area contributed by atoms with Crippen LogP contribution in [0.4, 0.5) is 8.78 Å². The van der Waals surface area contributed by atoms with Crippen LogP contribution in [0.1, 0.15) is 25.8 Å². The van der Waals surface area contributed by atoms with E-state index < -0.39 is 17.2 Å². The van der Waals surface area contributed by atoms with E-state index >= 15 is 0 Å². The third-order valence-electron chi connectivity index (χ3n) is 3.52. The lowest BCUT2D eigenvalue weighted by atomic mass is 9.93. The first kappa shape index (κ1) is 19.2. The van der Waals surface area contributed by atoms with E-state index in [-0.39, 0.29) is 24.4 Å². The average molecular weight is 351 g/mol. The molecule has 22 heavy (non-hydrogen) atoms. The highest BCUT2D eigenvalue weighted by molar-refractivity contribution is 7.99. The molecule has 0 radical (unpaired) electrons. The zero-order chi connectivity index (χ0) is 15.5. The summed E-state index contributed by atoms with van der Waals surface area (Å²) in [5, 5.41) is 6.19. The Morgan fingerprint density at radius 1 is 1.41 bits per heavy atom. The molecular weight excluding hydrogens is 330 g/mol. The van der Waals surface area contributed by atoms with Gasteiger partial charge in [-0.15, -0.1) is 12.4 Å². The van der Waals surface area contributed by atoms with E-state index in [1.54, 1.807) is 13.8 Å². The Morgan fingerprint density at radius 3 is 2.73 bits per heavy atom. The molecule has 7 heteroatoms. The normalized spacial score (nSPS) is 18.5. The quantitative estimate of drug-likeness (QED) is 0.877. The van der Waals surface area contributed by atoms with Crippen molar-refractivity contribution in [3.8, 4) is 0 Å². The standard InChI is InChI=1S/C15H20F2N2OS.ClH/c1-15(2,10-3-4-12(16)13(17)7-10)19-14(20)8-11-9-21-6-5-18-11;/h3-4,7,11,18H,5-6,8-9H2,1-2H3,(H,19,20);1H. The van der Waals surface area contributed by atoms with E-state index in [1.807, 2.05) is 11.8 Å². The lowest BCUT2D eigenvalue weighted by Gasteiger charge is -2.29. The van der Waals surface area contributed by atoms with E-state index in [2.05, 4.69) is 10.6 Å². The second-order valence-corrected chi connectivity index (χ2v) is 6.88. The summed E-state index contributed by atoms with van der Waals surface area (Å²) in [5.74, 6) is 0.103. The van der Waals surface area contributed by atoms with Gasteiger partial charge in [0.25, 0.3) is 0 Å². The predicted molar refractivity (Wildman–Crippen MR) is 88.5 cm³/mol. The lowest BCUT2D eigenvalue weighted by Crippen LogP contribution is -2.46. The Labute approximate surface area is 140 Å². The number of halogens is 3. The van der Waals surface area contributed by atoms with Crippen molar-refractivity contribution in [2.24, 2.45) is 0 Å². The Hall–Kier alpha value is -0.850. The molecule has 1 aliphatic rings. The van der Waals surface area contributed by atoms with E-state index in [0.29, 0.717) is 12.0 Å². The highest BCUT2D eigenvalue weighted by atomic mass is 35.5. The van der Waals surface area contributed by atoms with Crippen molar-refractivity contribution in [3.05, 3.63) is 35.4 Å². The van der Waals surface area contributed by atoms with Crippen molar-refractivity contribution in [1.82, 2.24) is 10.6 Å². The Morgan fingerprint density at radius 2 is 2.14 bits per heavy atom. The molecule has 1 unspecified atom stereocenters. The first-order valence-electron chi connectivity index (χ1n) is 6.96. The SMILES string of the molecule is CC(C)(NC(=O)CC1CSCCN1)c1ccc(F)c(F)c1.Cl. The molecule has 1 aromatic rings. The minimum absolute atomic E-state index is 0. The second kappa shape index (κ2) is 8.13. The molecule has 0 aromatic heterocycles. The molecular formula is C15H21ClF2N2OS. The highest BCUT2D eigenvalue weighted by Gasteiger charge is 2.26. The molecule has 1 saturated heterocycles. The Kier molecular flexibility index (Phi) is 7.09. The molecule has 1 fully saturated rings. The summed E-state index contributed by atoms with van der Waals surface area (Å²) in [6.45, 7) is 4.47. The summed E-state index contributed by atoms with van der Waals surface area (Å²) in [6.07, 6.45) is 0.389. The van der Waals surface area contributed by atoms with Crippen LogP contribution in [-0.2, 0) is 10.3 Å². The fourth-order valence-electron chi connectivity index (χ4n) is 2.33. The fraction of sp³-hybridized carbons (Fsp3) is 0.533. The molecule has 1 heterocycles. The van der Waals surface area contributed by atoms with Gasteiger partial charge in [-0.2, -0.15) is 11.8 Å². The summed E-state index contributed by atoms with van der Waals surface area (Å²) in [5.41, 5.74) is -0.200. The van der Waals surface area contributed by atoms with Crippen LogP contribution in [0.25, 0.3) is 0 Å². The molecule has 2 rings (SSSR count). The van der Waals surface area contributed by atoms with Crippen molar-refractivity contribution in [1.29, 1.82) is 0 Å². The van der Waals surface area contributed by atoms with Crippen LogP contribution >= 0.6 is 24.2 Å². The zero-order valence-corrected chi connectivity index (χ0v) is 14.3. The van der Waals surface area contributed by atoms with Gasteiger partial charge in [-0.1, -0.05) is 6.07 Å². The van der Waals surface area contributed by atoms with Crippen molar-refractivity contribution in [2.75, 3.05) is 18.1 Å². The monoisotopic (exact) mass is 350 g/mol. The van der Waals surface area contributed by atoms with Crippen LogP contribution in [0.5, 0.6) is 0 Å². The number of benzene rings is 1. The molecule has 1 atom stereocenters. The third kappa shape index (κ3) is 5.11. The van der Waals surface area contributed by atoms with Crippen LogP contribution in [0.15, 0.2) is 18.2 Å². The van der Waals surface area contributed by atoms with Crippen LogP contribution in [-0.4, -0.2) is 30.0 Å². The molecule has 0 saturated carbocycles. The minimum Gasteiger partial charge on any atom is -0.347 e. The third-order valence-corrected chi connectivity index (χ3v) is 4.65. The zero-order valence-electron chi connectivity index (χ0n) is 12.6. The van der Waals surface area contributed by atoms with Crippen molar-refractivity contribution >= 4 is 30.1 Å². The van der Waals surface area contributed by atoms with Crippen molar-refractivity contribution in [2.45, 2.75) is 31.8 Å². The Balaban J connectivity index is 0.00000242. The van der Waals surface area contributed by atoms with Crippen molar-refractivity contribution in [3.63, 3.8) is 0 Å². The van der Waals surface area contributed by atoms with Gasteiger partial charge in [-0.25, -0.2) is 8.78 Å². The van der Waals surface area contributed by atoms with Gasteiger partial charge < -0.3 is 10.6 Å². The first-order valence-corrected chi connectivity index (χ1v) is 8.11. The number of hydrogen-bond donors (Lipinski definition) is 2. The van der Waals surface area contributed by atoms with Gasteiger partial charge in [0.15, 0.2) is 11.6 Å². The molecule has 1 amide bonds. The molecule has 3 nitrogen and oxygen atoms in total. The smallest absolute Gasteiger partial charge is 0.222 e. The number of rotatable bonds is 4. The molecule has 124 valence electrons. The van der Waals surface area contributed by atoms with E-state index in [4.69, 9.17) is 0 Å². The molecule has 1 aromatic carbocycles. The largest absolute Gasteiger partial charge is 0.347 e. The maximum absolute atomic E-state index is 13.3. The number of carbonyl (C=O) groups excluding carboxylic acids is 1. The topological polar surface area (TPSA) is 41.1 Å². The lowest BCUT2D eigenvalue weighted by molar-refractivity contribution is -0.123. The van der Waals surface area contributed by atoms with Gasteiger partial charge in [0, 0.05) is 30.5 Å². The molecule has 0 aliphatic carbocycles. The molecule has 2 N–H and O–H groups in total. The van der Waals surface area contributed by atoms with Gasteiger partial charge in [0.05, 0.1) is 5.54 Å². The maximum Gasteiger partial charge on any atom is 0.222 e. The molecule has 0 bridgehead atoms. The van der Waals surface area contributed by atoms with Crippen LogP contribution in [0, 0.1) is 11.6 Å². The van der Waals surface area contributed by atoms with E-state index in [0.717, 1.165) is 30.2 Å². The number of carbonyl (C=O) groups is 1. The fourth-order valence-corrected chi connectivity index (χ4v) is 3.28. The van der Waals surface area contributed by atoms with Crippen LogP contribution in [0.3, 0.4) is 0 Å². The van der Waals surface area contributed by atoms with Gasteiger partial charge in [0.2, 0.25) is 5.91 Å².